The summed E-state index contributed by atoms with van der Waals surface area (Å²) in [7, 11) is 3.65. The molecule has 0 aliphatic carbocycles. The van der Waals surface area contributed by atoms with Crippen LogP contribution in [0, 0.1) is 0 Å². The fourth-order valence-corrected chi connectivity index (χ4v) is 2.38. The molecule has 0 unspecified atom stereocenters. The van der Waals surface area contributed by atoms with E-state index in [9.17, 15) is 4.79 Å². The molecule has 0 radical (unpaired) electrons. The van der Waals surface area contributed by atoms with Gasteiger partial charge in [0.15, 0.2) is 0 Å². The lowest BCUT2D eigenvalue weighted by molar-refractivity contribution is -0.121. The molecule has 0 heterocycles. The summed E-state index contributed by atoms with van der Waals surface area (Å²) in [6, 6.07) is 8.68. The van der Waals surface area contributed by atoms with Gasteiger partial charge in [-0.2, -0.15) is 0 Å². The minimum Gasteiger partial charge on any atom is -0.385 e. The first-order chi connectivity index (χ1) is 10.8. The van der Waals surface area contributed by atoms with Crippen molar-refractivity contribution < 1.29 is 9.53 Å². The molecule has 0 aliphatic rings. The van der Waals surface area contributed by atoms with Crippen LogP contribution in [0.1, 0.15) is 38.3 Å². The quantitative estimate of drug-likeness (QED) is 0.711. The number of rotatable bonds is 9. The van der Waals surface area contributed by atoms with Crippen molar-refractivity contribution in [3.05, 3.63) is 35.4 Å². The van der Waals surface area contributed by atoms with Gasteiger partial charge in [0.1, 0.15) is 0 Å². The summed E-state index contributed by atoms with van der Waals surface area (Å²) in [5, 5.41) is 2.99. The first kappa shape index (κ1) is 19.7. The zero-order valence-corrected chi connectivity index (χ0v) is 15.3. The first-order valence-electron chi connectivity index (χ1n) is 8.36. The Balaban J connectivity index is 2.27. The zero-order chi connectivity index (χ0) is 17.3. The normalized spacial score (nSPS) is 11.7. The molecule has 1 N–H and O–H groups in total. The standard InChI is InChI=1S/C19H32N2O2/c1-19(2,3)17-9-7-16(8-10-17)11-12-20-18(22)15-21(4)13-6-14-23-5/h7-10H,6,11-15H2,1-5H3,(H,20,22). The lowest BCUT2D eigenvalue weighted by Crippen LogP contribution is -2.36. The van der Waals surface area contributed by atoms with Gasteiger partial charge >= 0.3 is 0 Å². The Morgan fingerprint density at radius 3 is 2.43 bits per heavy atom. The minimum atomic E-state index is 0.0798. The second kappa shape index (κ2) is 9.68. The maximum atomic E-state index is 11.9. The zero-order valence-electron chi connectivity index (χ0n) is 15.3. The van der Waals surface area contributed by atoms with Crippen LogP contribution in [0.2, 0.25) is 0 Å². The van der Waals surface area contributed by atoms with Crippen molar-refractivity contribution in [2.24, 2.45) is 0 Å². The third kappa shape index (κ3) is 8.14. The molecule has 0 fully saturated rings. The molecular formula is C19H32N2O2. The van der Waals surface area contributed by atoms with Crippen molar-refractivity contribution in [3.8, 4) is 0 Å². The Bertz CT molecular complexity index is 463. The van der Waals surface area contributed by atoms with Crippen LogP contribution < -0.4 is 5.32 Å². The van der Waals surface area contributed by atoms with Gasteiger partial charge in [0.25, 0.3) is 0 Å². The highest BCUT2D eigenvalue weighted by atomic mass is 16.5. The van der Waals surface area contributed by atoms with Crippen molar-refractivity contribution in [3.63, 3.8) is 0 Å². The van der Waals surface area contributed by atoms with Crippen LogP contribution in [0.5, 0.6) is 0 Å². The highest BCUT2D eigenvalue weighted by molar-refractivity contribution is 5.77. The fraction of sp³-hybridized carbons (Fsp3) is 0.632. The van der Waals surface area contributed by atoms with Crippen molar-refractivity contribution >= 4 is 5.91 Å². The summed E-state index contributed by atoms with van der Waals surface area (Å²) in [6.07, 6.45) is 1.81. The minimum absolute atomic E-state index is 0.0798. The number of amides is 1. The molecule has 1 aromatic carbocycles. The number of carbonyl (C=O) groups excluding carboxylic acids is 1. The molecule has 23 heavy (non-hydrogen) atoms. The summed E-state index contributed by atoms with van der Waals surface area (Å²) >= 11 is 0. The van der Waals surface area contributed by atoms with E-state index in [1.807, 2.05) is 11.9 Å². The van der Waals surface area contributed by atoms with E-state index in [4.69, 9.17) is 4.74 Å². The highest BCUT2D eigenvalue weighted by Crippen LogP contribution is 2.22. The van der Waals surface area contributed by atoms with Crippen LogP contribution in [0.3, 0.4) is 0 Å². The van der Waals surface area contributed by atoms with Crippen LogP contribution in [0.4, 0.5) is 0 Å². The third-order valence-electron chi connectivity index (χ3n) is 3.86. The number of likely N-dealkylation sites (N-methyl/N-ethyl adjacent to an activating group) is 1. The number of ether oxygens (including phenoxy) is 1. The smallest absolute Gasteiger partial charge is 0.234 e. The molecule has 130 valence electrons. The van der Waals surface area contributed by atoms with E-state index in [1.54, 1.807) is 7.11 Å². The van der Waals surface area contributed by atoms with Gasteiger partial charge < -0.3 is 10.1 Å². The van der Waals surface area contributed by atoms with Crippen LogP contribution in [-0.4, -0.2) is 51.2 Å². The second-order valence-electron chi connectivity index (χ2n) is 7.13. The molecule has 4 heteroatoms. The van der Waals surface area contributed by atoms with E-state index in [1.165, 1.54) is 11.1 Å². The fourth-order valence-electron chi connectivity index (χ4n) is 2.38. The van der Waals surface area contributed by atoms with Crippen LogP contribution in [0.15, 0.2) is 24.3 Å². The first-order valence-corrected chi connectivity index (χ1v) is 8.36. The molecule has 1 amide bonds. The van der Waals surface area contributed by atoms with Gasteiger partial charge in [-0.1, -0.05) is 45.0 Å². The molecular weight excluding hydrogens is 288 g/mol. The Morgan fingerprint density at radius 2 is 1.87 bits per heavy atom. The number of carbonyl (C=O) groups is 1. The van der Waals surface area contributed by atoms with E-state index >= 15 is 0 Å². The van der Waals surface area contributed by atoms with Gasteiger partial charge in [-0.05, 0) is 36.4 Å². The van der Waals surface area contributed by atoms with Gasteiger partial charge in [-0.3, -0.25) is 9.69 Å². The van der Waals surface area contributed by atoms with E-state index in [0.29, 0.717) is 13.1 Å². The van der Waals surface area contributed by atoms with Crippen molar-refractivity contribution in [1.29, 1.82) is 0 Å². The Kier molecular flexibility index (Phi) is 8.28. The van der Waals surface area contributed by atoms with Gasteiger partial charge in [-0.15, -0.1) is 0 Å². The Labute approximate surface area is 141 Å². The molecule has 4 nitrogen and oxygen atoms in total. The van der Waals surface area contributed by atoms with E-state index in [2.05, 4.69) is 50.4 Å². The maximum absolute atomic E-state index is 11.9. The molecule has 1 aromatic rings. The van der Waals surface area contributed by atoms with Crippen LogP contribution in [-0.2, 0) is 21.4 Å². The lowest BCUT2D eigenvalue weighted by atomic mass is 9.86. The number of benzene rings is 1. The molecule has 0 aromatic heterocycles. The number of hydrogen-bond donors (Lipinski definition) is 1. The summed E-state index contributed by atoms with van der Waals surface area (Å²) in [6.45, 7) is 9.36. The van der Waals surface area contributed by atoms with Gasteiger partial charge in [0.2, 0.25) is 5.91 Å². The number of nitrogens with one attached hydrogen (secondary N) is 1. The largest absolute Gasteiger partial charge is 0.385 e. The summed E-state index contributed by atoms with van der Waals surface area (Å²) < 4.78 is 5.01. The predicted octanol–water partition coefficient (Wildman–Crippen LogP) is 2.61. The summed E-state index contributed by atoms with van der Waals surface area (Å²) in [5.41, 5.74) is 2.77. The average molecular weight is 320 g/mol. The van der Waals surface area contributed by atoms with Crippen LogP contribution in [0.25, 0.3) is 0 Å². The molecule has 0 aliphatic heterocycles. The van der Waals surface area contributed by atoms with Gasteiger partial charge in [-0.25, -0.2) is 0 Å². The summed E-state index contributed by atoms with van der Waals surface area (Å²) in [4.78, 5) is 13.9. The van der Waals surface area contributed by atoms with Gasteiger partial charge in [0, 0.05) is 26.8 Å². The molecule has 0 atom stereocenters. The Morgan fingerprint density at radius 1 is 1.22 bits per heavy atom. The highest BCUT2D eigenvalue weighted by Gasteiger charge is 2.12. The average Bonchev–Trinajstić information content (AvgIpc) is 2.47. The number of methoxy groups -OCH3 is 1. The molecule has 0 spiro atoms. The topological polar surface area (TPSA) is 41.6 Å². The van der Waals surface area contributed by atoms with Gasteiger partial charge in [0.05, 0.1) is 6.54 Å². The predicted molar refractivity (Wildman–Crippen MR) is 95.8 cm³/mol. The molecule has 0 saturated heterocycles. The Hall–Kier alpha value is -1.39. The number of nitrogens with zero attached hydrogens (tertiary/aromatic N) is 1. The van der Waals surface area contributed by atoms with E-state index in [0.717, 1.165) is 26.0 Å². The monoisotopic (exact) mass is 320 g/mol. The van der Waals surface area contributed by atoms with Crippen molar-refractivity contribution in [1.82, 2.24) is 10.2 Å². The number of hydrogen-bond acceptors (Lipinski definition) is 3. The van der Waals surface area contributed by atoms with Crippen molar-refractivity contribution in [2.45, 2.75) is 39.0 Å². The molecule has 0 bridgehead atoms. The maximum Gasteiger partial charge on any atom is 0.234 e. The third-order valence-corrected chi connectivity index (χ3v) is 3.86. The summed E-state index contributed by atoms with van der Waals surface area (Å²) in [5.74, 6) is 0.0798. The molecule has 0 saturated carbocycles. The van der Waals surface area contributed by atoms with E-state index in [-0.39, 0.29) is 11.3 Å². The second-order valence-corrected chi connectivity index (χ2v) is 7.13. The van der Waals surface area contributed by atoms with Crippen LogP contribution >= 0.6 is 0 Å². The SMILES string of the molecule is COCCCN(C)CC(=O)NCCc1ccc(C(C)(C)C)cc1. The molecule has 1 rings (SSSR count). The van der Waals surface area contributed by atoms with E-state index < -0.39 is 0 Å². The van der Waals surface area contributed by atoms with Crippen molar-refractivity contribution in [2.75, 3.05) is 40.4 Å². The lowest BCUT2D eigenvalue weighted by Gasteiger charge is -2.19.